The second kappa shape index (κ2) is 5.43. The maximum Gasteiger partial charge on any atom is 0.153 e. The molecule has 0 bridgehead atoms. The molecule has 1 heterocycles. The Morgan fingerprint density at radius 3 is 2.80 bits per heavy atom. The lowest BCUT2D eigenvalue weighted by molar-refractivity contribution is 0.112. The maximum absolute atomic E-state index is 11.0. The smallest absolute Gasteiger partial charge is 0.153 e. The first-order valence-electron chi connectivity index (χ1n) is 6.03. The van der Waals surface area contributed by atoms with Gasteiger partial charge in [-0.25, -0.2) is 0 Å². The van der Waals surface area contributed by atoms with Crippen LogP contribution in [-0.4, -0.2) is 11.3 Å². The molecular formula is C16H10BrNO2. The van der Waals surface area contributed by atoms with Crippen LogP contribution in [0.3, 0.4) is 0 Å². The van der Waals surface area contributed by atoms with E-state index in [-0.39, 0.29) is 0 Å². The van der Waals surface area contributed by atoms with Gasteiger partial charge in [-0.15, -0.1) is 0 Å². The SMILES string of the molecule is O=Cc1ccc(Br)cc1Oc1cnc2ccccc2c1. The monoisotopic (exact) mass is 327 g/mol. The van der Waals surface area contributed by atoms with E-state index in [1.165, 1.54) is 0 Å². The topological polar surface area (TPSA) is 39.2 Å². The van der Waals surface area contributed by atoms with Crippen LogP contribution in [0.4, 0.5) is 0 Å². The number of hydrogen-bond donors (Lipinski definition) is 0. The number of fused-ring (bicyclic) bond motifs is 1. The van der Waals surface area contributed by atoms with Gasteiger partial charge in [-0.2, -0.15) is 0 Å². The van der Waals surface area contributed by atoms with E-state index in [1.807, 2.05) is 30.3 Å². The third-order valence-corrected chi connectivity index (χ3v) is 3.39. The van der Waals surface area contributed by atoms with Crippen molar-refractivity contribution in [3.63, 3.8) is 0 Å². The molecule has 0 atom stereocenters. The summed E-state index contributed by atoms with van der Waals surface area (Å²) in [5, 5.41) is 0.993. The van der Waals surface area contributed by atoms with Gasteiger partial charge in [-0.1, -0.05) is 34.1 Å². The Morgan fingerprint density at radius 2 is 1.95 bits per heavy atom. The summed E-state index contributed by atoms with van der Waals surface area (Å²) in [6.07, 6.45) is 2.42. The number of hydrogen-bond acceptors (Lipinski definition) is 3. The average molecular weight is 328 g/mol. The van der Waals surface area contributed by atoms with Gasteiger partial charge in [0.1, 0.15) is 11.5 Å². The summed E-state index contributed by atoms with van der Waals surface area (Å²) in [4.78, 5) is 15.4. The van der Waals surface area contributed by atoms with E-state index in [4.69, 9.17) is 4.74 Å². The van der Waals surface area contributed by atoms with Crippen molar-refractivity contribution in [2.24, 2.45) is 0 Å². The highest BCUT2D eigenvalue weighted by atomic mass is 79.9. The third kappa shape index (κ3) is 2.56. The van der Waals surface area contributed by atoms with Crippen LogP contribution < -0.4 is 4.74 Å². The first-order valence-corrected chi connectivity index (χ1v) is 6.83. The van der Waals surface area contributed by atoms with Gasteiger partial charge in [0, 0.05) is 9.86 Å². The Labute approximate surface area is 124 Å². The average Bonchev–Trinajstić information content (AvgIpc) is 2.47. The Kier molecular flexibility index (Phi) is 3.48. The fourth-order valence-electron chi connectivity index (χ4n) is 1.93. The van der Waals surface area contributed by atoms with Gasteiger partial charge in [-0.3, -0.25) is 9.78 Å². The molecule has 2 aromatic carbocycles. The van der Waals surface area contributed by atoms with Crippen LogP contribution in [-0.2, 0) is 0 Å². The van der Waals surface area contributed by atoms with Crippen molar-refractivity contribution < 1.29 is 9.53 Å². The van der Waals surface area contributed by atoms with Crippen molar-refractivity contribution >= 4 is 33.1 Å². The summed E-state index contributed by atoms with van der Waals surface area (Å²) < 4.78 is 6.62. The van der Waals surface area contributed by atoms with E-state index >= 15 is 0 Å². The number of halogens is 1. The molecule has 1 aromatic heterocycles. The highest BCUT2D eigenvalue weighted by molar-refractivity contribution is 9.10. The van der Waals surface area contributed by atoms with Crippen molar-refractivity contribution in [1.29, 1.82) is 0 Å². The number of carbonyl (C=O) groups is 1. The first kappa shape index (κ1) is 12.8. The number of rotatable bonds is 3. The summed E-state index contributed by atoms with van der Waals surface area (Å²) in [5.74, 6) is 1.11. The van der Waals surface area contributed by atoms with E-state index in [2.05, 4.69) is 20.9 Å². The standard InChI is InChI=1S/C16H10BrNO2/c17-13-6-5-12(10-19)16(8-13)20-14-7-11-3-1-2-4-15(11)18-9-14/h1-10H. The van der Waals surface area contributed by atoms with Gasteiger partial charge in [0.25, 0.3) is 0 Å². The zero-order valence-corrected chi connectivity index (χ0v) is 12.0. The highest BCUT2D eigenvalue weighted by Gasteiger charge is 2.06. The van der Waals surface area contributed by atoms with Gasteiger partial charge in [-0.05, 0) is 30.3 Å². The lowest BCUT2D eigenvalue weighted by Gasteiger charge is -2.09. The van der Waals surface area contributed by atoms with Gasteiger partial charge in [0.15, 0.2) is 6.29 Å². The highest BCUT2D eigenvalue weighted by Crippen LogP contribution is 2.28. The number of nitrogens with zero attached hydrogens (tertiary/aromatic N) is 1. The molecule has 20 heavy (non-hydrogen) atoms. The minimum Gasteiger partial charge on any atom is -0.455 e. The van der Waals surface area contributed by atoms with Crippen LogP contribution in [0.1, 0.15) is 10.4 Å². The molecule has 0 aliphatic heterocycles. The quantitative estimate of drug-likeness (QED) is 0.660. The summed E-state index contributed by atoms with van der Waals surface area (Å²) >= 11 is 3.37. The predicted molar refractivity (Wildman–Crippen MR) is 81.3 cm³/mol. The molecule has 0 aliphatic rings. The van der Waals surface area contributed by atoms with E-state index in [1.54, 1.807) is 24.4 Å². The lowest BCUT2D eigenvalue weighted by atomic mass is 10.2. The fraction of sp³-hybridized carbons (Fsp3) is 0. The number of carbonyl (C=O) groups excluding carboxylic acids is 1. The summed E-state index contributed by atoms with van der Waals surface area (Å²) in [6.45, 7) is 0. The van der Waals surface area contributed by atoms with Crippen LogP contribution in [0.2, 0.25) is 0 Å². The molecule has 0 fully saturated rings. The number of ether oxygens (including phenoxy) is 1. The molecule has 98 valence electrons. The summed E-state index contributed by atoms with van der Waals surface area (Å²) in [7, 11) is 0. The second-order valence-corrected chi connectivity index (χ2v) is 5.18. The van der Waals surface area contributed by atoms with E-state index < -0.39 is 0 Å². The van der Waals surface area contributed by atoms with Gasteiger partial charge in [0.05, 0.1) is 17.3 Å². The number of benzene rings is 2. The Morgan fingerprint density at radius 1 is 1.10 bits per heavy atom. The first-order chi connectivity index (χ1) is 9.76. The van der Waals surface area contributed by atoms with Crippen LogP contribution in [0.25, 0.3) is 10.9 Å². The van der Waals surface area contributed by atoms with Gasteiger partial charge >= 0.3 is 0 Å². The number of pyridine rings is 1. The molecule has 0 N–H and O–H groups in total. The molecule has 3 rings (SSSR count). The fourth-order valence-corrected chi connectivity index (χ4v) is 2.27. The minimum absolute atomic E-state index is 0.501. The molecule has 3 nitrogen and oxygen atoms in total. The van der Waals surface area contributed by atoms with Crippen LogP contribution in [0, 0.1) is 0 Å². The Bertz CT molecular complexity index is 786. The van der Waals surface area contributed by atoms with Crippen molar-refractivity contribution in [3.8, 4) is 11.5 Å². The second-order valence-electron chi connectivity index (χ2n) is 4.27. The van der Waals surface area contributed by atoms with Crippen molar-refractivity contribution in [1.82, 2.24) is 4.98 Å². The number of aldehydes is 1. The van der Waals surface area contributed by atoms with E-state index in [0.29, 0.717) is 17.1 Å². The normalized spacial score (nSPS) is 10.4. The predicted octanol–water partition coefficient (Wildman–Crippen LogP) is 4.60. The molecule has 0 amide bonds. The minimum atomic E-state index is 0.501. The van der Waals surface area contributed by atoms with Crippen LogP contribution >= 0.6 is 15.9 Å². The molecule has 0 aliphatic carbocycles. The van der Waals surface area contributed by atoms with Gasteiger partial charge < -0.3 is 4.74 Å². The molecule has 4 heteroatoms. The van der Waals surface area contributed by atoms with E-state index in [0.717, 1.165) is 21.7 Å². The lowest BCUT2D eigenvalue weighted by Crippen LogP contribution is -1.91. The molecule has 0 saturated carbocycles. The summed E-state index contributed by atoms with van der Waals surface area (Å²) in [5.41, 5.74) is 1.41. The Hall–Kier alpha value is -2.20. The van der Waals surface area contributed by atoms with Gasteiger partial charge in [0.2, 0.25) is 0 Å². The molecule has 3 aromatic rings. The number of aromatic nitrogens is 1. The van der Waals surface area contributed by atoms with Crippen molar-refractivity contribution in [2.45, 2.75) is 0 Å². The molecule has 0 radical (unpaired) electrons. The van der Waals surface area contributed by atoms with Crippen LogP contribution in [0.5, 0.6) is 11.5 Å². The number of para-hydroxylation sites is 1. The molecule has 0 saturated heterocycles. The zero-order valence-electron chi connectivity index (χ0n) is 10.4. The van der Waals surface area contributed by atoms with Crippen molar-refractivity contribution in [3.05, 3.63) is 64.8 Å². The van der Waals surface area contributed by atoms with Crippen LogP contribution in [0.15, 0.2) is 59.2 Å². The molecule has 0 unspecified atom stereocenters. The zero-order chi connectivity index (χ0) is 13.9. The Balaban J connectivity index is 2.00. The largest absolute Gasteiger partial charge is 0.455 e. The summed E-state index contributed by atoms with van der Waals surface area (Å²) in [6, 6.07) is 15.0. The molecule has 0 spiro atoms. The van der Waals surface area contributed by atoms with Crippen molar-refractivity contribution in [2.75, 3.05) is 0 Å². The maximum atomic E-state index is 11.0. The third-order valence-electron chi connectivity index (χ3n) is 2.90. The molecular weight excluding hydrogens is 318 g/mol. The van der Waals surface area contributed by atoms with E-state index in [9.17, 15) is 4.79 Å².